The minimum Gasteiger partial charge on any atom is -0.395 e. The van der Waals surface area contributed by atoms with Crippen molar-refractivity contribution < 1.29 is 46.4 Å². The molecule has 0 saturated carbocycles. The summed E-state index contributed by atoms with van der Waals surface area (Å²) in [6.45, 7) is -0.796. The van der Waals surface area contributed by atoms with E-state index >= 15 is 0 Å². The molecule has 0 aliphatic rings. The van der Waals surface area contributed by atoms with Crippen LogP contribution in [-0.2, 0) is 20.2 Å². The van der Waals surface area contributed by atoms with Crippen molar-refractivity contribution in [3.05, 3.63) is 108 Å². The molecular weight excluding hydrogens is 896 g/mol. The number of benzene rings is 4. The maximum absolute atomic E-state index is 12.7. The maximum atomic E-state index is 12.7. The zero-order chi connectivity index (χ0) is 45.7. The topological polar surface area (TPSA) is 322 Å². The standard InChI is InChI=1S/C40H44N12O10S2.Na/c53-21-17-51(18-22-54)39-47-35(41-29-7-3-1-4-8-29)45-37(49-39)43-31-15-13-27(33(25-31)63(57,58)59)11-12-28-14-16-32(26-34(28)64(60,61)62)44-38-46-36(42-30-9-5-2-6-10-30)48-40(50-38)52(19-23-55)20-24-56;/h1-16,25-26,53-56H,17-24H2,(H,57,58,59)(H,60,61,62)(H2,41,43,45,47,49)(H2,42,44,46,48,50);. The Labute approximate surface area is 396 Å². The molecule has 0 amide bonds. The van der Waals surface area contributed by atoms with Crippen LogP contribution in [0.2, 0.25) is 0 Å². The minimum atomic E-state index is -4.91. The Hall–Kier alpha value is -5.90. The number of aliphatic hydroxyl groups is 4. The van der Waals surface area contributed by atoms with E-state index in [0.717, 1.165) is 12.1 Å². The number of nitrogens with zero attached hydrogens (tertiary/aromatic N) is 8. The Morgan fingerprint density at radius 3 is 1.05 bits per heavy atom. The molecule has 0 aliphatic carbocycles. The molecule has 0 atom stereocenters. The average Bonchev–Trinajstić information content (AvgIpc) is 3.26. The summed E-state index contributed by atoms with van der Waals surface area (Å²) >= 11 is 0. The molecule has 0 unspecified atom stereocenters. The molecule has 65 heavy (non-hydrogen) atoms. The molecule has 0 spiro atoms. The summed E-state index contributed by atoms with van der Waals surface area (Å²) in [5.74, 6) is 0.187. The van der Waals surface area contributed by atoms with Crippen molar-refractivity contribution in [2.45, 2.75) is 9.79 Å². The molecule has 22 nitrogen and oxygen atoms in total. The molecule has 1 radical (unpaired) electrons. The Bertz CT molecular complexity index is 2580. The van der Waals surface area contributed by atoms with Crippen LogP contribution in [0.4, 0.5) is 58.4 Å². The van der Waals surface area contributed by atoms with E-state index in [0.29, 0.717) is 11.4 Å². The zero-order valence-corrected chi connectivity index (χ0v) is 38.4. The first-order chi connectivity index (χ1) is 30.8. The molecule has 25 heteroatoms. The van der Waals surface area contributed by atoms with Gasteiger partial charge in [0.2, 0.25) is 35.7 Å². The van der Waals surface area contributed by atoms with Gasteiger partial charge < -0.3 is 51.5 Å². The molecule has 0 fully saturated rings. The third kappa shape index (κ3) is 14.3. The molecule has 0 bridgehead atoms. The van der Waals surface area contributed by atoms with Crippen molar-refractivity contribution >= 4 is 120 Å². The van der Waals surface area contributed by atoms with Gasteiger partial charge in [0, 0.05) is 78.5 Å². The number of aliphatic hydroxyl groups excluding tert-OH is 4. The number of hydrogen-bond donors (Lipinski definition) is 10. The van der Waals surface area contributed by atoms with Gasteiger partial charge in [0.05, 0.1) is 26.4 Å². The van der Waals surface area contributed by atoms with Crippen molar-refractivity contribution in [3.63, 3.8) is 0 Å². The second-order valence-electron chi connectivity index (χ2n) is 13.5. The Balaban J connectivity index is 0.00000793. The van der Waals surface area contributed by atoms with Crippen molar-refractivity contribution in [2.75, 3.05) is 83.7 Å². The van der Waals surface area contributed by atoms with Gasteiger partial charge in [-0.1, -0.05) is 60.7 Å². The van der Waals surface area contributed by atoms with E-state index in [1.54, 1.807) is 48.5 Å². The number of aromatic nitrogens is 6. The Kier molecular flexibility index (Phi) is 18.0. The first kappa shape index (κ1) is 50.1. The van der Waals surface area contributed by atoms with E-state index in [-0.39, 0.29) is 140 Å². The molecule has 337 valence electrons. The maximum Gasteiger partial charge on any atom is 0.295 e. The van der Waals surface area contributed by atoms with Gasteiger partial charge in [0.1, 0.15) is 9.79 Å². The fourth-order valence-corrected chi connectivity index (χ4v) is 7.45. The van der Waals surface area contributed by atoms with E-state index < -0.39 is 30.0 Å². The van der Waals surface area contributed by atoms with E-state index in [1.807, 2.05) is 12.1 Å². The minimum absolute atomic E-state index is 0. The van der Waals surface area contributed by atoms with Crippen LogP contribution < -0.4 is 31.1 Å². The molecule has 0 saturated heterocycles. The van der Waals surface area contributed by atoms with Crippen molar-refractivity contribution in [3.8, 4) is 0 Å². The van der Waals surface area contributed by atoms with Crippen LogP contribution in [0.3, 0.4) is 0 Å². The van der Waals surface area contributed by atoms with Gasteiger partial charge in [0.15, 0.2) is 0 Å². The number of rotatable bonds is 22. The van der Waals surface area contributed by atoms with Crippen LogP contribution in [0, 0.1) is 0 Å². The largest absolute Gasteiger partial charge is 0.395 e. The molecule has 10 N–H and O–H groups in total. The van der Waals surface area contributed by atoms with Gasteiger partial charge in [-0.2, -0.15) is 46.7 Å². The van der Waals surface area contributed by atoms with Crippen molar-refractivity contribution in [2.24, 2.45) is 0 Å². The summed E-state index contributed by atoms with van der Waals surface area (Å²) in [5, 5.41) is 50.4. The van der Waals surface area contributed by atoms with Gasteiger partial charge in [0.25, 0.3) is 20.2 Å². The Morgan fingerprint density at radius 2 is 0.754 bits per heavy atom. The molecule has 6 aromatic rings. The second-order valence-corrected chi connectivity index (χ2v) is 16.2. The third-order valence-electron chi connectivity index (χ3n) is 8.89. The first-order valence-corrected chi connectivity index (χ1v) is 22.2. The Morgan fingerprint density at radius 1 is 0.446 bits per heavy atom. The zero-order valence-electron chi connectivity index (χ0n) is 34.8. The number of hydrogen-bond acceptors (Lipinski definition) is 20. The van der Waals surface area contributed by atoms with E-state index in [2.05, 4.69) is 51.2 Å². The molecule has 2 heterocycles. The summed E-state index contributed by atoms with van der Waals surface area (Å²) in [4.78, 5) is 28.3. The van der Waals surface area contributed by atoms with Gasteiger partial charge in [-0.05, 0) is 59.7 Å². The van der Waals surface area contributed by atoms with E-state index in [9.17, 15) is 46.4 Å². The van der Waals surface area contributed by atoms with Crippen LogP contribution in [0.25, 0.3) is 12.2 Å². The molecule has 6 rings (SSSR count). The van der Waals surface area contributed by atoms with E-state index in [4.69, 9.17) is 0 Å². The normalized spacial score (nSPS) is 11.5. The van der Waals surface area contributed by atoms with Gasteiger partial charge in [-0.3, -0.25) is 9.11 Å². The van der Waals surface area contributed by atoms with Crippen molar-refractivity contribution in [1.82, 2.24) is 29.9 Å². The summed E-state index contributed by atoms with van der Waals surface area (Å²) in [6.07, 6.45) is 2.45. The smallest absolute Gasteiger partial charge is 0.295 e. The number of para-hydroxylation sites is 2. The average molecular weight is 940 g/mol. The number of nitrogens with one attached hydrogen (secondary N) is 4. The number of anilines is 10. The fraction of sp³-hybridized carbons (Fsp3) is 0.200. The van der Waals surface area contributed by atoms with Crippen LogP contribution in [-0.4, -0.2) is 158 Å². The summed E-state index contributed by atoms with van der Waals surface area (Å²) in [5.41, 5.74) is 1.36. The van der Waals surface area contributed by atoms with Crippen LogP contribution in [0.5, 0.6) is 0 Å². The molecule has 0 aliphatic heterocycles. The third-order valence-corrected chi connectivity index (χ3v) is 10.7. The predicted octanol–water partition coefficient (Wildman–Crippen LogP) is 2.90. The second kappa shape index (κ2) is 23.3. The summed E-state index contributed by atoms with van der Waals surface area (Å²) < 4.78 is 71.5. The summed E-state index contributed by atoms with van der Waals surface area (Å²) in [7, 11) is -9.82. The fourth-order valence-electron chi connectivity index (χ4n) is 6.03. The van der Waals surface area contributed by atoms with Gasteiger partial charge in [-0.25, -0.2) is 0 Å². The van der Waals surface area contributed by atoms with Crippen molar-refractivity contribution in [1.29, 1.82) is 0 Å². The molecule has 4 aromatic carbocycles. The molecule has 2 aromatic heterocycles. The predicted molar refractivity (Wildman–Crippen MR) is 246 cm³/mol. The van der Waals surface area contributed by atoms with E-state index in [1.165, 1.54) is 46.2 Å². The quantitative estimate of drug-likeness (QED) is 0.0266. The van der Waals surface area contributed by atoms with Crippen LogP contribution >= 0.6 is 0 Å². The van der Waals surface area contributed by atoms with Crippen LogP contribution in [0.1, 0.15) is 11.1 Å². The first-order valence-electron chi connectivity index (χ1n) is 19.3. The van der Waals surface area contributed by atoms with Gasteiger partial charge in [-0.15, -0.1) is 0 Å². The molecular formula is C40H44N12NaO10S2. The van der Waals surface area contributed by atoms with Gasteiger partial charge >= 0.3 is 0 Å². The monoisotopic (exact) mass is 939 g/mol. The SMILES string of the molecule is O=S(=O)(O)c1cc(Nc2nc(Nc3ccccc3)nc(N(CCO)CCO)n2)ccc1C=Cc1ccc(Nc2nc(Nc3ccccc3)nc(N(CCO)CCO)n2)cc1S(=O)(=O)O.[Na]. The van der Waals surface area contributed by atoms with Crippen LogP contribution in [0.15, 0.2) is 107 Å². The summed E-state index contributed by atoms with van der Waals surface area (Å²) in [6, 6.07) is 25.7.